The summed E-state index contributed by atoms with van der Waals surface area (Å²) in [4.78, 5) is 0. The monoisotopic (exact) mass is 221 g/mol. The Morgan fingerprint density at radius 1 is 1.47 bits per heavy atom. The molecule has 0 atom stereocenters. The average molecular weight is 221 g/mol. The topological polar surface area (TPSA) is 51.0 Å². The zero-order valence-corrected chi connectivity index (χ0v) is 8.96. The molecule has 0 radical (unpaired) electrons. The Bertz CT molecular complexity index is 433. The molecule has 0 saturated heterocycles. The van der Waals surface area contributed by atoms with Gasteiger partial charge in [0.15, 0.2) is 0 Å². The number of thiophene rings is 1. The van der Waals surface area contributed by atoms with Gasteiger partial charge in [-0.2, -0.15) is 11.3 Å². The quantitative estimate of drug-likeness (QED) is 0.858. The van der Waals surface area contributed by atoms with E-state index < -0.39 is 0 Å². The third kappa shape index (κ3) is 2.08. The fraction of sp³-hybridized carbons (Fsp3) is 0.400. The lowest BCUT2D eigenvalue weighted by Gasteiger charge is -1.95. The molecule has 15 heavy (non-hydrogen) atoms. The molecular weight excluding hydrogens is 210 g/mol. The summed E-state index contributed by atoms with van der Waals surface area (Å²) in [5.74, 6) is 1.28. The third-order valence-electron chi connectivity index (χ3n) is 2.35. The zero-order valence-electron chi connectivity index (χ0n) is 8.14. The molecule has 0 aromatic carbocycles. The van der Waals surface area contributed by atoms with Crippen molar-refractivity contribution in [1.82, 2.24) is 15.5 Å². The van der Waals surface area contributed by atoms with E-state index in [0.29, 0.717) is 24.4 Å². The second-order valence-corrected chi connectivity index (χ2v) is 4.45. The molecule has 0 amide bonds. The Hall–Kier alpha value is -1.20. The van der Waals surface area contributed by atoms with Crippen LogP contribution >= 0.6 is 11.3 Å². The van der Waals surface area contributed by atoms with Crippen molar-refractivity contribution in [3.8, 4) is 11.5 Å². The van der Waals surface area contributed by atoms with E-state index in [2.05, 4.69) is 15.5 Å². The first-order chi connectivity index (χ1) is 7.42. The van der Waals surface area contributed by atoms with E-state index in [1.54, 1.807) is 11.3 Å². The Morgan fingerprint density at radius 3 is 3.13 bits per heavy atom. The largest absolute Gasteiger partial charge is 0.419 e. The van der Waals surface area contributed by atoms with Crippen LogP contribution in [0.15, 0.2) is 21.2 Å². The van der Waals surface area contributed by atoms with Crippen LogP contribution in [0.4, 0.5) is 0 Å². The Kier molecular flexibility index (Phi) is 2.26. The van der Waals surface area contributed by atoms with Crippen molar-refractivity contribution in [3.05, 3.63) is 22.7 Å². The lowest BCUT2D eigenvalue weighted by molar-refractivity contribution is 0.476. The molecular formula is C10H11N3OS. The summed E-state index contributed by atoms with van der Waals surface area (Å²) in [5, 5.41) is 15.3. The van der Waals surface area contributed by atoms with Gasteiger partial charge in [-0.15, -0.1) is 10.2 Å². The normalized spacial score (nSPS) is 15.7. The van der Waals surface area contributed by atoms with Gasteiger partial charge < -0.3 is 9.73 Å². The SMILES string of the molecule is c1cc(-c2nnc(CNC3CC3)o2)cs1. The average Bonchev–Trinajstić information content (AvgIpc) is 2.78. The van der Waals surface area contributed by atoms with E-state index in [9.17, 15) is 0 Å². The van der Waals surface area contributed by atoms with Gasteiger partial charge in [-0.1, -0.05) is 0 Å². The second kappa shape index (κ2) is 3.75. The molecule has 1 aliphatic rings. The third-order valence-corrected chi connectivity index (χ3v) is 3.04. The highest BCUT2D eigenvalue weighted by atomic mass is 32.1. The first-order valence-electron chi connectivity index (χ1n) is 5.00. The highest BCUT2D eigenvalue weighted by Gasteiger charge is 2.21. The standard InChI is InChI=1S/C10H11N3OS/c1-2-8(1)11-5-9-12-13-10(14-9)7-3-4-15-6-7/h3-4,6,8,11H,1-2,5H2. The minimum Gasteiger partial charge on any atom is -0.419 e. The van der Waals surface area contributed by atoms with Gasteiger partial charge in [-0.3, -0.25) is 0 Å². The van der Waals surface area contributed by atoms with Crippen LogP contribution in [-0.4, -0.2) is 16.2 Å². The van der Waals surface area contributed by atoms with Crippen molar-refractivity contribution in [2.75, 3.05) is 0 Å². The molecule has 0 aliphatic heterocycles. The summed E-state index contributed by atoms with van der Waals surface area (Å²) >= 11 is 1.63. The van der Waals surface area contributed by atoms with Crippen LogP contribution in [0.3, 0.4) is 0 Å². The maximum absolute atomic E-state index is 5.53. The van der Waals surface area contributed by atoms with Crippen molar-refractivity contribution >= 4 is 11.3 Å². The fourth-order valence-electron chi connectivity index (χ4n) is 1.35. The molecule has 1 aliphatic carbocycles. The van der Waals surface area contributed by atoms with Gasteiger partial charge >= 0.3 is 0 Å². The number of aromatic nitrogens is 2. The van der Waals surface area contributed by atoms with E-state index in [1.165, 1.54) is 12.8 Å². The Morgan fingerprint density at radius 2 is 2.40 bits per heavy atom. The van der Waals surface area contributed by atoms with Gasteiger partial charge in [-0.25, -0.2) is 0 Å². The second-order valence-electron chi connectivity index (χ2n) is 3.67. The van der Waals surface area contributed by atoms with Crippen molar-refractivity contribution in [2.24, 2.45) is 0 Å². The summed E-state index contributed by atoms with van der Waals surface area (Å²) in [7, 11) is 0. The van der Waals surface area contributed by atoms with Crippen molar-refractivity contribution in [3.63, 3.8) is 0 Å². The zero-order chi connectivity index (χ0) is 10.1. The predicted octanol–water partition coefficient (Wildman–Crippen LogP) is 2.05. The molecule has 1 N–H and O–H groups in total. The smallest absolute Gasteiger partial charge is 0.248 e. The van der Waals surface area contributed by atoms with E-state index >= 15 is 0 Å². The lowest BCUT2D eigenvalue weighted by Crippen LogP contribution is -2.15. The number of hydrogen-bond acceptors (Lipinski definition) is 5. The number of nitrogens with zero attached hydrogens (tertiary/aromatic N) is 2. The highest BCUT2D eigenvalue weighted by Crippen LogP contribution is 2.22. The first-order valence-corrected chi connectivity index (χ1v) is 5.94. The number of hydrogen-bond donors (Lipinski definition) is 1. The van der Waals surface area contributed by atoms with Crippen molar-refractivity contribution in [1.29, 1.82) is 0 Å². The summed E-state index contributed by atoms with van der Waals surface area (Å²) < 4.78 is 5.53. The van der Waals surface area contributed by atoms with E-state index in [4.69, 9.17) is 4.42 Å². The molecule has 2 aromatic rings. The van der Waals surface area contributed by atoms with Crippen molar-refractivity contribution < 1.29 is 4.42 Å². The summed E-state index contributed by atoms with van der Waals surface area (Å²) in [5.41, 5.74) is 1.00. The molecule has 1 saturated carbocycles. The molecule has 4 nitrogen and oxygen atoms in total. The van der Waals surface area contributed by atoms with Gasteiger partial charge in [0.1, 0.15) is 0 Å². The maximum atomic E-state index is 5.53. The van der Waals surface area contributed by atoms with Crippen LogP contribution in [0.1, 0.15) is 18.7 Å². The van der Waals surface area contributed by atoms with Gasteiger partial charge in [0.25, 0.3) is 0 Å². The van der Waals surface area contributed by atoms with Crippen molar-refractivity contribution in [2.45, 2.75) is 25.4 Å². The molecule has 0 unspecified atom stereocenters. The van der Waals surface area contributed by atoms with Crippen LogP contribution in [0.5, 0.6) is 0 Å². The van der Waals surface area contributed by atoms with Gasteiger partial charge in [0.2, 0.25) is 11.8 Å². The maximum Gasteiger partial charge on any atom is 0.248 e. The van der Waals surface area contributed by atoms with Crippen LogP contribution < -0.4 is 5.32 Å². The Labute approximate surface area is 91.3 Å². The Balaban J connectivity index is 1.69. The van der Waals surface area contributed by atoms with Gasteiger partial charge in [-0.05, 0) is 24.3 Å². The van der Waals surface area contributed by atoms with Gasteiger partial charge in [0.05, 0.1) is 6.54 Å². The number of rotatable bonds is 4. The van der Waals surface area contributed by atoms with Crippen LogP contribution in [0, 0.1) is 0 Å². The summed E-state index contributed by atoms with van der Waals surface area (Å²) in [6.45, 7) is 0.682. The molecule has 5 heteroatoms. The predicted molar refractivity (Wildman–Crippen MR) is 57.5 cm³/mol. The molecule has 2 heterocycles. The molecule has 78 valence electrons. The minimum atomic E-state index is 0.615. The van der Waals surface area contributed by atoms with E-state index in [1.807, 2.05) is 16.8 Å². The first kappa shape index (κ1) is 9.06. The van der Waals surface area contributed by atoms with Crippen LogP contribution in [0.25, 0.3) is 11.5 Å². The molecule has 1 fully saturated rings. The van der Waals surface area contributed by atoms with E-state index in [-0.39, 0.29) is 0 Å². The molecule has 3 rings (SSSR count). The van der Waals surface area contributed by atoms with Gasteiger partial charge in [0, 0.05) is 17.0 Å². The summed E-state index contributed by atoms with van der Waals surface area (Å²) in [6.07, 6.45) is 2.54. The summed E-state index contributed by atoms with van der Waals surface area (Å²) in [6, 6.07) is 2.65. The van der Waals surface area contributed by atoms with E-state index in [0.717, 1.165) is 5.56 Å². The van der Waals surface area contributed by atoms with Crippen LogP contribution in [-0.2, 0) is 6.54 Å². The van der Waals surface area contributed by atoms with Crippen LogP contribution in [0.2, 0.25) is 0 Å². The minimum absolute atomic E-state index is 0.615. The molecule has 0 bridgehead atoms. The fourth-order valence-corrected chi connectivity index (χ4v) is 1.98. The molecule has 0 spiro atoms. The highest BCUT2D eigenvalue weighted by molar-refractivity contribution is 7.08. The lowest BCUT2D eigenvalue weighted by atomic mass is 10.3. The number of nitrogens with one attached hydrogen (secondary N) is 1. The molecule has 2 aromatic heterocycles.